The molecule has 2 aromatic carbocycles. The van der Waals surface area contributed by atoms with Crippen molar-refractivity contribution in [2.45, 2.75) is 12.0 Å². The van der Waals surface area contributed by atoms with Crippen LogP contribution in [-0.4, -0.2) is 53.6 Å². The van der Waals surface area contributed by atoms with Gasteiger partial charge in [-0.2, -0.15) is 0 Å². The molecule has 25 heavy (non-hydrogen) atoms. The zero-order chi connectivity index (χ0) is 17.9. The summed E-state index contributed by atoms with van der Waals surface area (Å²) < 4.78 is 5.39. The lowest BCUT2D eigenvalue weighted by Crippen LogP contribution is -2.40. The summed E-state index contributed by atoms with van der Waals surface area (Å²) in [7, 11) is 1.63. The molecule has 1 aliphatic heterocycles. The molecule has 2 aromatic rings. The molecule has 6 nitrogen and oxygen atoms in total. The minimum Gasteiger partial charge on any atom is -0.496 e. The van der Waals surface area contributed by atoms with Crippen LogP contribution < -0.4 is 10.1 Å². The summed E-state index contributed by atoms with van der Waals surface area (Å²) in [5.74, 6) is 0.763. The second-order valence-electron chi connectivity index (χ2n) is 6.27. The highest BCUT2D eigenvalue weighted by molar-refractivity contribution is 5.90. The summed E-state index contributed by atoms with van der Waals surface area (Å²) in [5.41, 5.74) is 1.34. The van der Waals surface area contributed by atoms with E-state index < -0.39 is 5.60 Å². The summed E-state index contributed by atoms with van der Waals surface area (Å²) in [6.45, 7) is 0.191. The van der Waals surface area contributed by atoms with Crippen molar-refractivity contribution in [3.8, 4) is 16.9 Å². The van der Waals surface area contributed by atoms with Crippen molar-refractivity contribution < 1.29 is 19.7 Å². The van der Waals surface area contributed by atoms with Crippen LogP contribution in [-0.2, 0) is 0 Å². The van der Waals surface area contributed by atoms with E-state index >= 15 is 0 Å². The Kier molecular flexibility index (Phi) is 4.92. The van der Waals surface area contributed by atoms with Gasteiger partial charge in [0.25, 0.3) is 0 Å². The number of nitrogens with one attached hydrogen (secondary N) is 1. The topological polar surface area (TPSA) is 82.0 Å². The van der Waals surface area contributed by atoms with Crippen molar-refractivity contribution in [2.24, 2.45) is 0 Å². The van der Waals surface area contributed by atoms with Crippen molar-refractivity contribution in [3.63, 3.8) is 0 Å². The summed E-state index contributed by atoms with van der Waals surface area (Å²) in [4.78, 5) is 13.9. The first-order valence-electron chi connectivity index (χ1n) is 8.17. The van der Waals surface area contributed by atoms with Crippen LogP contribution in [0.25, 0.3) is 11.1 Å². The number of β-amino-alcohol motifs (C(OH)–C–C–N with tert-alkyl or cyclic N) is 1. The number of methoxy groups -OCH3 is 1. The number of urea groups is 1. The monoisotopic (exact) mass is 342 g/mol. The van der Waals surface area contributed by atoms with Gasteiger partial charge in [-0.15, -0.1) is 0 Å². The molecular formula is C19H22N2O4. The maximum absolute atomic E-state index is 12.4. The smallest absolute Gasteiger partial charge is 0.321 e. The summed E-state index contributed by atoms with van der Waals surface area (Å²) in [6, 6.07) is 14.9. The number of amides is 2. The SMILES string of the molecule is COc1ccccc1-c1cccc(NC(=O)N2CC[C@](O)(CO)C2)c1. The van der Waals surface area contributed by atoms with E-state index in [4.69, 9.17) is 4.74 Å². The van der Waals surface area contributed by atoms with Crippen LogP contribution in [0.5, 0.6) is 5.75 Å². The fourth-order valence-corrected chi connectivity index (χ4v) is 3.01. The number of carbonyl (C=O) groups excluding carboxylic acids is 1. The number of carbonyl (C=O) groups is 1. The van der Waals surface area contributed by atoms with Crippen molar-refractivity contribution in [3.05, 3.63) is 48.5 Å². The Labute approximate surface area is 146 Å². The second kappa shape index (κ2) is 7.13. The van der Waals surface area contributed by atoms with E-state index in [1.54, 1.807) is 7.11 Å². The van der Waals surface area contributed by atoms with E-state index in [0.717, 1.165) is 16.9 Å². The van der Waals surface area contributed by atoms with E-state index in [-0.39, 0.29) is 19.2 Å². The molecule has 0 unspecified atom stereocenters. The van der Waals surface area contributed by atoms with Gasteiger partial charge in [0.2, 0.25) is 0 Å². The second-order valence-corrected chi connectivity index (χ2v) is 6.27. The first-order chi connectivity index (χ1) is 12.0. The molecule has 3 N–H and O–H groups in total. The molecule has 0 radical (unpaired) electrons. The van der Waals surface area contributed by atoms with Gasteiger partial charge < -0.3 is 25.2 Å². The number of hydrogen-bond acceptors (Lipinski definition) is 4. The number of anilines is 1. The highest BCUT2D eigenvalue weighted by Crippen LogP contribution is 2.31. The third-order valence-corrected chi connectivity index (χ3v) is 4.45. The third kappa shape index (κ3) is 3.75. The maximum atomic E-state index is 12.4. The van der Waals surface area contributed by atoms with Gasteiger partial charge in [-0.1, -0.05) is 30.3 Å². The fourth-order valence-electron chi connectivity index (χ4n) is 3.01. The Bertz CT molecular complexity index is 765. The summed E-state index contributed by atoms with van der Waals surface area (Å²) in [5, 5.41) is 22.1. The Morgan fingerprint density at radius 1 is 1.28 bits per heavy atom. The molecule has 6 heteroatoms. The number of aliphatic hydroxyl groups is 2. The van der Waals surface area contributed by atoms with Crippen LogP contribution in [0.4, 0.5) is 10.5 Å². The lowest BCUT2D eigenvalue weighted by atomic mass is 10.0. The van der Waals surface area contributed by atoms with Crippen molar-refractivity contribution >= 4 is 11.7 Å². The van der Waals surface area contributed by atoms with Crippen molar-refractivity contribution in [1.29, 1.82) is 0 Å². The summed E-state index contributed by atoms with van der Waals surface area (Å²) >= 11 is 0. The number of benzene rings is 2. The van der Waals surface area contributed by atoms with Gasteiger partial charge in [0, 0.05) is 17.8 Å². The standard InChI is InChI=1S/C19H22N2O4/c1-25-17-8-3-2-7-16(17)14-5-4-6-15(11-14)20-18(23)21-10-9-19(24,12-21)13-22/h2-8,11,22,24H,9-10,12-13H2,1H3,(H,20,23)/t19-/m1/s1. The Hall–Kier alpha value is -2.57. The number of hydrogen-bond donors (Lipinski definition) is 3. The average Bonchev–Trinajstić information content (AvgIpc) is 3.05. The van der Waals surface area contributed by atoms with Gasteiger partial charge in [0.15, 0.2) is 0 Å². The zero-order valence-corrected chi connectivity index (χ0v) is 14.1. The number of likely N-dealkylation sites (tertiary alicyclic amines) is 1. The number of aliphatic hydroxyl groups excluding tert-OH is 1. The van der Waals surface area contributed by atoms with Crippen LogP contribution in [0.15, 0.2) is 48.5 Å². The number of nitrogens with zero attached hydrogens (tertiary/aromatic N) is 1. The quantitative estimate of drug-likeness (QED) is 0.796. The van der Waals surface area contributed by atoms with Crippen LogP contribution in [0.1, 0.15) is 6.42 Å². The predicted octanol–water partition coefficient (Wildman–Crippen LogP) is 2.32. The first kappa shape index (κ1) is 17.3. The third-order valence-electron chi connectivity index (χ3n) is 4.45. The van der Waals surface area contributed by atoms with E-state index in [1.807, 2.05) is 48.5 Å². The Balaban J connectivity index is 1.75. The minimum atomic E-state index is -1.20. The van der Waals surface area contributed by atoms with E-state index in [9.17, 15) is 15.0 Å². The Morgan fingerprint density at radius 3 is 2.80 bits per heavy atom. The number of ether oxygens (including phenoxy) is 1. The number of rotatable bonds is 4. The molecule has 1 saturated heterocycles. The van der Waals surface area contributed by atoms with Gasteiger partial charge >= 0.3 is 6.03 Å². The highest BCUT2D eigenvalue weighted by atomic mass is 16.5. The zero-order valence-electron chi connectivity index (χ0n) is 14.1. The number of para-hydroxylation sites is 1. The molecule has 1 atom stereocenters. The maximum Gasteiger partial charge on any atom is 0.321 e. The van der Waals surface area contributed by atoms with Gasteiger partial charge in [0.1, 0.15) is 11.4 Å². The molecule has 3 rings (SSSR count). The Morgan fingerprint density at radius 2 is 2.08 bits per heavy atom. The van der Waals surface area contributed by atoms with E-state index in [2.05, 4.69) is 5.32 Å². The molecule has 132 valence electrons. The molecule has 0 spiro atoms. The van der Waals surface area contributed by atoms with Crippen LogP contribution >= 0.6 is 0 Å². The molecular weight excluding hydrogens is 320 g/mol. The van der Waals surface area contributed by atoms with E-state index in [1.165, 1.54) is 4.90 Å². The van der Waals surface area contributed by atoms with Gasteiger partial charge in [0.05, 0.1) is 20.3 Å². The molecule has 1 heterocycles. The van der Waals surface area contributed by atoms with Crippen molar-refractivity contribution in [1.82, 2.24) is 4.90 Å². The molecule has 1 fully saturated rings. The molecule has 2 amide bonds. The average molecular weight is 342 g/mol. The molecule has 0 saturated carbocycles. The van der Waals surface area contributed by atoms with E-state index in [0.29, 0.717) is 18.7 Å². The molecule has 1 aliphatic rings. The van der Waals surface area contributed by atoms with Crippen LogP contribution in [0.2, 0.25) is 0 Å². The largest absolute Gasteiger partial charge is 0.496 e. The highest BCUT2D eigenvalue weighted by Gasteiger charge is 2.37. The molecule has 0 aliphatic carbocycles. The lowest BCUT2D eigenvalue weighted by molar-refractivity contribution is -0.00246. The fraction of sp³-hybridized carbons (Fsp3) is 0.316. The molecule has 0 aromatic heterocycles. The van der Waals surface area contributed by atoms with Crippen molar-refractivity contribution in [2.75, 3.05) is 32.1 Å². The molecule has 0 bridgehead atoms. The summed E-state index contributed by atoms with van der Waals surface area (Å²) in [6.07, 6.45) is 0.373. The normalized spacial score (nSPS) is 19.7. The minimum absolute atomic E-state index is 0.127. The van der Waals surface area contributed by atoms with Crippen LogP contribution in [0, 0.1) is 0 Å². The van der Waals surface area contributed by atoms with Gasteiger partial charge in [-0.3, -0.25) is 0 Å². The van der Waals surface area contributed by atoms with Crippen LogP contribution in [0.3, 0.4) is 0 Å². The lowest BCUT2D eigenvalue weighted by Gasteiger charge is -2.21. The van der Waals surface area contributed by atoms with Gasteiger partial charge in [-0.25, -0.2) is 4.79 Å². The first-order valence-corrected chi connectivity index (χ1v) is 8.17. The van der Waals surface area contributed by atoms with Gasteiger partial charge in [-0.05, 0) is 30.2 Å². The predicted molar refractivity (Wildman–Crippen MR) is 95.7 cm³/mol.